The molecule has 0 radical (unpaired) electrons. The molecule has 2 aromatic carbocycles. The standard InChI is InChI=1S/C24H24F2N2O6/c25-20(26)11-19(22(29)27-18-9-10-33-21(18)23(30)31)28-24(32)34-12-17-15-7-3-1-5-13(15)14-6-2-4-8-16(14)17/h1-8,17-21H,9-12H2,(H,27,29)(H,28,32)(H,30,31)/t18-,19?,21+/m1/s1. The number of aliphatic carboxylic acids is 1. The van der Waals surface area contributed by atoms with Crippen molar-refractivity contribution in [2.75, 3.05) is 13.2 Å². The quantitative estimate of drug-likeness (QED) is 0.542. The van der Waals surface area contributed by atoms with Crippen LogP contribution in [0.3, 0.4) is 0 Å². The lowest BCUT2D eigenvalue weighted by Gasteiger charge is -2.22. The fourth-order valence-electron chi connectivity index (χ4n) is 4.46. The van der Waals surface area contributed by atoms with Gasteiger partial charge < -0.3 is 25.2 Å². The van der Waals surface area contributed by atoms with Gasteiger partial charge in [-0.15, -0.1) is 0 Å². The monoisotopic (exact) mass is 474 g/mol. The van der Waals surface area contributed by atoms with E-state index < -0.39 is 49.0 Å². The molecule has 180 valence electrons. The Morgan fingerprint density at radius 2 is 1.68 bits per heavy atom. The molecule has 8 nitrogen and oxygen atoms in total. The van der Waals surface area contributed by atoms with Gasteiger partial charge in [0.15, 0.2) is 6.10 Å². The van der Waals surface area contributed by atoms with Crippen molar-refractivity contribution in [2.24, 2.45) is 0 Å². The SMILES string of the molecule is O=C(NC(CC(F)F)C(=O)N[C@@H]1CCO[C@@H]1C(=O)O)OCC1c2ccccc2-c2ccccc21. The zero-order chi connectivity index (χ0) is 24.2. The van der Waals surface area contributed by atoms with Crippen LogP contribution in [-0.2, 0) is 19.1 Å². The smallest absolute Gasteiger partial charge is 0.407 e. The summed E-state index contributed by atoms with van der Waals surface area (Å²) < 4.78 is 36.6. The Morgan fingerprint density at radius 3 is 2.26 bits per heavy atom. The summed E-state index contributed by atoms with van der Waals surface area (Å²) in [6.07, 6.45) is -5.89. The molecule has 3 atom stereocenters. The maximum Gasteiger partial charge on any atom is 0.407 e. The first-order valence-corrected chi connectivity index (χ1v) is 10.9. The van der Waals surface area contributed by atoms with Crippen molar-refractivity contribution in [3.63, 3.8) is 0 Å². The van der Waals surface area contributed by atoms with E-state index in [1.165, 1.54) is 0 Å². The zero-order valence-electron chi connectivity index (χ0n) is 18.1. The van der Waals surface area contributed by atoms with Gasteiger partial charge >= 0.3 is 12.1 Å². The highest BCUT2D eigenvalue weighted by molar-refractivity contribution is 5.87. The Balaban J connectivity index is 1.40. The lowest BCUT2D eigenvalue weighted by Crippen LogP contribution is -2.53. The average Bonchev–Trinajstić information content (AvgIpc) is 3.39. The van der Waals surface area contributed by atoms with E-state index in [2.05, 4.69) is 10.6 Å². The number of fused-ring (bicyclic) bond motifs is 3. The van der Waals surface area contributed by atoms with Crippen LogP contribution in [0.4, 0.5) is 13.6 Å². The molecule has 2 amide bonds. The number of carboxylic acids is 1. The third-order valence-electron chi connectivity index (χ3n) is 6.03. The second kappa shape index (κ2) is 10.2. The Labute approximate surface area is 194 Å². The number of alkyl carbamates (subject to hydrolysis) is 1. The van der Waals surface area contributed by atoms with Gasteiger partial charge in [-0.3, -0.25) is 4.79 Å². The van der Waals surface area contributed by atoms with E-state index in [0.29, 0.717) is 0 Å². The van der Waals surface area contributed by atoms with Crippen LogP contribution in [0.2, 0.25) is 0 Å². The van der Waals surface area contributed by atoms with Crippen molar-refractivity contribution in [2.45, 2.75) is 43.4 Å². The molecule has 34 heavy (non-hydrogen) atoms. The molecule has 1 fully saturated rings. The molecule has 1 unspecified atom stereocenters. The van der Waals surface area contributed by atoms with Crippen LogP contribution in [0.25, 0.3) is 11.1 Å². The highest BCUT2D eigenvalue weighted by Gasteiger charge is 2.37. The van der Waals surface area contributed by atoms with E-state index in [-0.39, 0.29) is 25.6 Å². The zero-order valence-corrected chi connectivity index (χ0v) is 18.1. The second-order valence-corrected chi connectivity index (χ2v) is 8.18. The summed E-state index contributed by atoms with van der Waals surface area (Å²) in [6, 6.07) is 13.0. The number of ether oxygens (including phenoxy) is 2. The molecular weight excluding hydrogens is 450 g/mol. The van der Waals surface area contributed by atoms with Gasteiger partial charge in [-0.25, -0.2) is 18.4 Å². The van der Waals surface area contributed by atoms with E-state index in [4.69, 9.17) is 14.6 Å². The summed E-state index contributed by atoms with van der Waals surface area (Å²) in [7, 11) is 0. The molecular formula is C24H24F2N2O6. The summed E-state index contributed by atoms with van der Waals surface area (Å²) >= 11 is 0. The van der Waals surface area contributed by atoms with Crippen molar-refractivity contribution < 1.29 is 37.7 Å². The fraction of sp³-hybridized carbons (Fsp3) is 0.375. The normalized spacial score (nSPS) is 19.9. The number of nitrogens with one attached hydrogen (secondary N) is 2. The number of carboxylic acid groups (broad SMARTS) is 1. The predicted octanol–water partition coefficient (Wildman–Crippen LogP) is 2.91. The van der Waals surface area contributed by atoms with Crippen molar-refractivity contribution in [1.29, 1.82) is 0 Å². The molecule has 2 aromatic rings. The number of hydrogen-bond donors (Lipinski definition) is 3. The van der Waals surface area contributed by atoms with E-state index >= 15 is 0 Å². The fourth-order valence-corrected chi connectivity index (χ4v) is 4.46. The number of halogens is 2. The molecule has 0 saturated carbocycles. The maximum absolute atomic E-state index is 13.1. The van der Waals surface area contributed by atoms with Crippen molar-refractivity contribution >= 4 is 18.0 Å². The summed E-state index contributed by atoms with van der Waals surface area (Å²) in [5.74, 6) is -2.42. The summed E-state index contributed by atoms with van der Waals surface area (Å²) in [4.78, 5) is 36.2. The molecule has 1 aliphatic heterocycles. The predicted molar refractivity (Wildman–Crippen MR) is 117 cm³/mol. The Kier molecular flexibility index (Phi) is 7.06. The van der Waals surface area contributed by atoms with E-state index in [1.54, 1.807) is 0 Å². The van der Waals surface area contributed by atoms with Gasteiger partial charge in [-0.05, 0) is 28.7 Å². The minimum Gasteiger partial charge on any atom is -0.479 e. The van der Waals surface area contributed by atoms with Crippen LogP contribution < -0.4 is 10.6 Å². The highest BCUT2D eigenvalue weighted by Crippen LogP contribution is 2.44. The first-order chi connectivity index (χ1) is 16.3. The second-order valence-electron chi connectivity index (χ2n) is 8.18. The van der Waals surface area contributed by atoms with Crippen LogP contribution in [0.15, 0.2) is 48.5 Å². The van der Waals surface area contributed by atoms with E-state index in [9.17, 15) is 23.2 Å². The van der Waals surface area contributed by atoms with E-state index in [1.807, 2.05) is 48.5 Å². The third kappa shape index (κ3) is 5.01. The van der Waals surface area contributed by atoms with Gasteiger partial charge in [0.1, 0.15) is 12.6 Å². The van der Waals surface area contributed by atoms with Gasteiger partial charge in [0.25, 0.3) is 0 Å². The molecule has 10 heteroatoms. The number of benzene rings is 2. The molecule has 1 aliphatic carbocycles. The van der Waals surface area contributed by atoms with Crippen molar-refractivity contribution in [1.82, 2.24) is 10.6 Å². The number of carbonyl (C=O) groups excluding carboxylic acids is 2. The molecule has 0 spiro atoms. The average molecular weight is 474 g/mol. The van der Waals surface area contributed by atoms with Crippen LogP contribution in [0.1, 0.15) is 29.9 Å². The summed E-state index contributed by atoms with van der Waals surface area (Å²) in [5, 5.41) is 13.7. The minimum absolute atomic E-state index is 0.0412. The van der Waals surface area contributed by atoms with Crippen molar-refractivity contribution in [3.8, 4) is 11.1 Å². The van der Waals surface area contributed by atoms with E-state index in [0.717, 1.165) is 22.3 Å². The molecule has 0 aromatic heterocycles. The molecule has 1 heterocycles. The lowest BCUT2D eigenvalue weighted by molar-refractivity contribution is -0.148. The van der Waals surface area contributed by atoms with Crippen LogP contribution >= 0.6 is 0 Å². The number of carbonyl (C=O) groups is 3. The Bertz CT molecular complexity index is 1030. The molecule has 1 saturated heterocycles. The summed E-state index contributed by atoms with van der Waals surface area (Å²) in [6.45, 7) is 0.0711. The molecule has 0 bridgehead atoms. The highest BCUT2D eigenvalue weighted by atomic mass is 19.3. The minimum atomic E-state index is -2.88. The number of rotatable bonds is 8. The largest absolute Gasteiger partial charge is 0.479 e. The first-order valence-electron chi connectivity index (χ1n) is 10.9. The van der Waals surface area contributed by atoms with Crippen LogP contribution in [-0.4, -0.2) is 60.9 Å². The first kappa shape index (κ1) is 23.6. The van der Waals surface area contributed by atoms with Gasteiger partial charge in [-0.1, -0.05) is 48.5 Å². The molecule has 3 N–H and O–H groups in total. The number of alkyl halides is 2. The van der Waals surface area contributed by atoms with Gasteiger partial charge in [0.2, 0.25) is 12.3 Å². The third-order valence-corrected chi connectivity index (χ3v) is 6.03. The molecule has 2 aliphatic rings. The lowest BCUT2D eigenvalue weighted by atomic mass is 9.98. The van der Waals surface area contributed by atoms with Crippen molar-refractivity contribution in [3.05, 3.63) is 59.7 Å². The van der Waals surface area contributed by atoms with Crippen LogP contribution in [0.5, 0.6) is 0 Å². The Hall–Kier alpha value is -3.53. The van der Waals surface area contributed by atoms with Gasteiger partial charge in [0, 0.05) is 18.9 Å². The maximum atomic E-state index is 13.1. The van der Waals surface area contributed by atoms with Gasteiger partial charge in [-0.2, -0.15) is 0 Å². The molecule has 4 rings (SSSR count). The topological polar surface area (TPSA) is 114 Å². The number of hydrogen-bond acceptors (Lipinski definition) is 5. The summed E-state index contributed by atoms with van der Waals surface area (Å²) in [5.41, 5.74) is 4.04. The van der Waals surface area contributed by atoms with Crippen LogP contribution in [0, 0.1) is 0 Å². The van der Waals surface area contributed by atoms with Gasteiger partial charge in [0.05, 0.1) is 6.04 Å². The number of amides is 2. The Morgan fingerprint density at radius 1 is 1.06 bits per heavy atom.